The molecular formula is C20H25Cl2NO. The van der Waals surface area contributed by atoms with E-state index < -0.39 is 0 Å². The minimum absolute atomic E-state index is 0.649. The van der Waals surface area contributed by atoms with Gasteiger partial charge in [0.1, 0.15) is 5.75 Å². The van der Waals surface area contributed by atoms with Crippen LogP contribution in [0.25, 0.3) is 0 Å². The van der Waals surface area contributed by atoms with Crippen molar-refractivity contribution in [1.29, 1.82) is 0 Å². The first-order valence-electron chi connectivity index (χ1n) is 8.59. The quantitative estimate of drug-likeness (QED) is 0.459. The molecule has 2 aromatic carbocycles. The Morgan fingerprint density at radius 1 is 0.958 bits per heavy atom. The number of anilines is 1. The van der Waals surface area contributed by atoms with Gasteiger partial charge in [0.25, 0.3) is 0 Å². The van der Waals surface area contributed by atoms with Crippen LogP contribution in [-0.2, 0) is 6.54 Å². The van der Waals surface area contributed by atoms with E-state index in [2.05, 4.69) is 12.2 Å². The largest absolute Gasteiger partial charge is 0.494 e. The zero-order valence-electron chi connectivity index (χ0n) is 14.2. The maximum atomic E-state index is 6.20. The summed E-state index contributed by atoms with van der Waals surface area (Å²) in [5.74, 6) is 0.901. The molecule has 1 N–H and O–H groups in total. The number of halogens is 2. The third-order valence-corrected chi connectivity index (χ3v) is 4.44. The van der Waals surface area contributed by atoms with Crippen LogP contribution in [0.4, 0.5) is 5.69 Å². The van der Waals surface area contributed by atoms with Crippen LogP contribution in [0.15, 0.2) is 42.5 Å². The van der Waals surface area contributed by atoms with Gasteiger partial charge in [-0.15, -0.1) is 0 Å². The van der Waals surface area contributed by atoms with E-state index in [1.807, 2.05) is 36.4 Å². The van der Waals surface area contributed by atoms with Gasteiger partial charge in [-0.2, -0.15) is 0 Å². The molecule has 2 aromatic rings. The second-order valence-corrected chi connectivity index (χ2v) is 6.72. The third-order valence-electron chi connectivity index (χ3n) is 3.85. The molecule has 0 aliphatic rings. The standard InChI is InChI=1S/C20H25Cl2NO/c1-2-3-4-5-6-12-24-19-9-7-8-18(14-19)23-15-16-10-11-17(21)13-20(16)22/h7-11,13-14,23H,2-6,12,15H2,1H3. The van der Waals surface area contributed by atoms with E-state index in [4.69, 9.17) is 27.9 Å². The van der Waals surface area contributed by atoms with Gasteiger partial charge in [0.05, 0.1) is 6.61 Å². The summed E-state index contributed by atoms with van der Waals surface area (Å²) in [5, 5.41) is 4.70. The van der Waals surface area contributed by atoms with Gasteiger partial charge in [0.2, 0.25) is 0 Å². The molecule has 0 saturated carbocycles. The van der Waals surface area contributed by atoms with Crippen molar-refractivity contribution in [2.24, 2.45) is 0 Å². The van der Waals surface area contributed by atoms with E-state index in [9.17, 15) is 0 Å². The van der Waals surface area contributed by atoms with Crippen molar-refractivity contribution in [3.63, 3.8) is 0 Å². The van der Waals surface area contributed by atoms with Crippen molar-refractivity contribution in [2.45, 2.75) is 45.6 Å². The zero-order valence-corrected chi connectivity index (χ0v) is 15.7. The van der Waals surface area contributed by atoms with Gasteiger partial charge in [-0.1, -0.05) is 67.9 Å². The highest BCUT2D eigenvalue weighted by atomic mass is 35.5. The first kappa shape index (κ1) is 19.0. The Bertz CT molecular complexity index is 631. The number of nitrogens with one attached hydrogen (secondary N) is 1. The summed E-state index contributed by atoms with van der Waals surface area (Å²) >= 11 is 12.1. The molecule has 0 saturated heterocycles. The number of benzene rings is 2. The highest BCUT2D eigenvalue weighted by Crippen LogP contribution is 2.23. The van der Waals surface area contributed by atoms with Crippen molar-refractivity contribution in [1.82, 2.24) is 0 Å². The lowest BCUT2D eigenvalue weighted by atomic mass is 10.2. The molecule has 0 amide bonds. The fraction of sp³-hybridized carbons (Fsp3) is 0.400. The normalized spacial score (nSPS) is 10.6. The molecule has 0 unspecified atom stereocenters. The SMILES string of the molecule is CCCCCCCOc1cccc(NCc2ccc(Cl)cc2Cl)c1. The molecule has 2 nitrogen and oxygen atoms in total. The Labute approximate surface area is 155 Å². The van der Waals surface area contributed by atoms with Crippen molar-refractivity contribution in [2.75, 3.05) is 11.9 Å². The Kier molecular flexibility index (Phi) is 8.27. The Balaban J connectivity index is 1.79. The molecule has 130 valence electrons. The number of ether oxygens (including phenoxy) is 1. The van der Waals surface area contributed by atoms with Crippen LogP contribution < -0.4 is 10.1 Å². The molecular weight excluding hydrogens is 341 g/mol. The Morgan fingerprint density at radius 3 is 2.58 bits per heavy atom. The molecule has 0 radical (unpaired) electrons. The summed E-state index contributed by atoms with van der Waals surface area (Å²) < 4.78 is 5.83. The molecule has 0 spiro atoms. The highest BCUT2D eigenvalue weighted by molar-refractivity contribution is 6.35. The van der Waals surface area contributed by atoms with Crippen LogP contribution >= 0.6 is 23.2 Å². The second kappa shape index (κ2) is 10.5. The summed E-state index contributed by atoms with van der Waals surface area (Å²) in [7, 11) is 0. The van der Waals surface area contributed by atoms with Gasteiger partial charge in [-0.25, -0.2) is 0 Å². The predicted octanol–water partition coefficient (Wildman–Crippen LogP) is 6.95. The maximum Gasteiger partial charge on any atom is 0.121 e. The van der Waals surface area contributed by atoms with E-state index in [1.165, 1.54) is 25.7 Å². The Morgan fingerprint density at radius 2 is 1.79 bits per heavy atom. The lowest BCUT2D eigenvalue weighted by Gasteiger charge is -2.11. The minimum Gasteiger partial charge on any atom is -0.494 e. The van der Waals surface area contributed by atoms with Crippen LogP contribution in [0, 0.1) is 0 Å². The minimum atomic E-state index is 0.649. The summed E-state index contributed by atoms with van der Waals surface area (Å²) in [4.78, 5) is 0. The smallest absolute Gasteiger partial charge is 0.121 e. The topological polar surface area (TPSA) is 21.3 Å². The van der Waals surface area contributed by atoms with Crippen molar-refractivity contribution in [3.05, 3.63) is 58.1 Å². The van der Waals surface area contributed by atoms with Gasteiger partial charge in [0, 0.05) is 28.3 Å². The fourth-order valence-electron chi connectivity index (χ4n) is 2.45. The van der Waals surface area contributed by atoms with Crippen molar-refractivity contribution in [3.8, 4) is 5.75 Å². The first-order valence-corrected chi connectivity index (χ1v) is 9.35. The van der Waals surface area contributed by atoms with E-state index in [1.54, 1.807) is 6.07 Å². The molecule has 0 fully saturated rings. The molecule has 0 heterocycles. The summed E-state index contributed by atoms with van der Waals surface area (Å²) in [5.41, 5.74) is 2.04. The van der Waals surface area contributed by atoms with Crippen LogP contribution in [0.3, 0.4) is 0 Å². The summed E-state index contributed by atoms with van der Waals surface area (Å²) in [6.07, 6.45) is 6.22. The fourth-order valence-corrected chi connectivity index (χ4v) is 2.93. The van der Waals surface area contributed by atoms with Crippen LogP contribution in [0.2, 0.25) is 10.0 Å². The number of rotatable bonds is 10. The molecule has 4 heteroatoms. The maximum absolute atomic E-state index is 6.20. The van der Waals surface area contributed by atoms with E-state index in [0.29, 0.717) is 16.6 Å². The first-order chi connectivity index (χ1) is 11.7. The molecule has 0 bridgehead atoms. The average molecular weight is 366 g/mol. The van der Waals surface area contributed by atoms with Gasteiger partial charge < -0.3 is 10.1 Å². The van der Waals surface area contributed by atoms with Crippen LogP contribution in [0.1, 0.15) is 44.6 Å². The molecule has 0 aliphatic carbocycles. The van der Waals surface area contributed by atoms with Gasteiger partial charge >= 0.3 is 0 Å². The van der Waals surface area contributed by atoms with Gasteiger partial charge in [0.15, 0.2) is 0 Å². The molecule has 0 aliphatic heterocycles. The second-order valence-electron chi connectivity index (χ2n) is 5.88. The van der Waals surface area contributed by atoms with E-state index in [-0.39, 0.29) is 0 Å². The number of hydrogen-bond donors (Lipinski definition) is 1. The molecule has 0 aromatic heterocycles. The molecule has 24 heavy (non-hydrogen) atoms. The monoisotopic (exact) mass is 365 g/mol. The lowest BCUT2D eigenvalue weighted by Crippen LogP contribution is -2.01. The summed E-state index contributed by atoms with van der Waals surface area (Å²) in [6, 6.07) is 13.6. The summed E-state index contributed by atoms with van der Waals surface area (Å²) in [6.45, 7) is 3.65. The van der Waals surface area contributed by atoms with Crippen LogP contribution in [0.5, 0.6) is 5.75 Å². The van der Waals surface area contributed by atoms with E-state index in [0.717, 1.165) is 30.0 Å². The Hall–Kier alpha value is -1.38. The van der Waals surface area contributed by atoms with Crippen LogP contribution in [-0.4, -0.2) is 6.61 Å². The molecule has 2 rings (SSSR count). The molecule has 0 atom stereocenters. The lowest BCUT2D eigenvalue weighted by molar-refractivity contribution is 0.304. The van der Waals surface area contributed by atoms with Crippen molar-refractivity contribution >= 4 is 28.9 Å². The third kappa shape index (κ3) is 6.62. The number of unbranched alkanes of at least 4 members (excludes halogenated alkanes) is 4. The zero-order chi connectivity index (χ0) is 17.2. The highest BCUT2D eigenvalue weighted by Gasteiger charge is 2.02. The van der Waals surface area contributed by atoms with Gasteiger partial charge in [-0.05, 0) is 36.2 Å². The van der Waals surface area contributed by atoms with E-state index >= 15 is 0 Å². The predicted molar refractivity (Wildman–Crippen MR) is 104 cm³/mol. The number of hydrogen-bond acceptors (Lipinski definition) is 2. The average Bonchev–Trinajstić information content (AvgIpc) is 2.58. The van der Waals surface area contributed by atoms with Gasteiger partial charge in [-0.3, -0.25) is 0 Å². The van der Waals surface area contributed by atoms with Crippen molar-refractivity contribution < 1.29 is 4.74 Å².